The van der Waals surface area contributed by atoms with Gasteiger partial charge in [-0.05, 0) is 51.3 Å². The molecule has 2 aromatic heterocycles. The molecule has 30 heavy (non-hydrogen) atoms. The average molecular weight is 426 g/mol. The Morgan fingerprint density at radius 3 is 2.47 bits per heavy atom. The summed E-state index contributed by atoms with van der Waals surface area (Å²) in [6.07, 6.45) is 3.51. The third kappa shape index (κ3) is 3.54. The monoisotopic (exact) mass is 425 g/mol. The molecule has 2 heterocycles. The van der Waals surface area contributed by atoms with Crippen LogP contribution in [0.2, 0.25) is 5.02 Å². The Morgan fingerprint density at radius 1 is 1.17 bits per heavy atom. The maximum absolute atomic E-state index is 13.5. The highest BCUT2D eigenvalue weighted by Crippen LogP contribution is 2.42. The van der Waals surface area contributed by atoms with Crippen LogP contribution >= 0.6 is 11.6 Å². The number of aromatic amines is 1. The number of aryl methyl sites for hydroxylation is 2. The Bertz CT molecular complexity index is 1160. The highest BCUT2D eigenvalue weighted by atomic mass is 35.5. The molecule has 0 aliphatic heterocycles. The summed E-state index contributed by atoms with van der Waals surface area (Å²) in [5.74, 6) is 0.664. The summed E-state index contributed by atoms with van der Waals surface area (Å²) in [6, 6.07) is 9.28. The summed E-state index contributed by atoms with van der Waals surface area (Å²) in [7, 11) is 0. The molecular formula is C22H24ClN5O2. The predicted octanol–water partition coefficient (Wildman–Crippen LogP) is 3.98. The first-order valence-corrected chi connectivity index (χ1v) is 10.4. The van der Waals surface area contributed by atoms with Crippen LogP contribution in [0.4, 0.5) is 5.82 Å². The van der Waals surface area contributed by atoms with E-state index < -0.39 is 5.41 Å². The molecule has 0 atom stereocenters. The van der Waals surface area contributed by atoms with Crippen LogP contribution in [0.25, 0.3) is 5.95 Å². The van der Waals surface area contributed by atoms with Crippen molar-refractivity contribution >= 4 is 23.3 Å². The number of halogens is 1. The zero-order valence-corrected chi connectivity index (χ0v) is 18.0. The summed E-state index contributed by atoms with van der Waals surface area (Å²) >= 11 is 6.05. The Balaban J connectivity index is 1.72. The molecular weight excluding hydrogens is 402 g/mol. The molecule has 0 unspecified atom stereocenters. The molecule has 0 spiro atoms. The van der Waals surface area contributed by atoms with Crippen molar-refractivity contribution in [3.05, 3.63) is 68.2 Å². The van der Waals surface area contributed by atoms with Crippen LogP contribution in [0.1, 0.15) is 48.2 Å². The van der Waals surface area contributed by atoms with Crippen molar-refractivity contribution in [2.75, 3.05) is 5.32 Å². The second-order valence-corrected chi connectivity index (χ2v) is 8.37. The lowest BCUT2D eigenvalue weighted by molar-refractivity contribution is -0.121. The number of nitrogens with one attached hydrogen (secondary N) is 2. The second kappa shape index (κ2) is 7.72. The molecule has 0 saturated heterocycles. The van der Waals surface area contributed by atoms with Crippen molar-refractivity contribution < 1.29 is 4.79 Å². The van der Waals surface area contributed by atoms with Gasteiger partial charge in [-0.2, -0.15) is 9.78 Å². The topological polar surface area (TPSA) is 92.7 Å². The van der Waals surface area contributed by atoms with Crippen LogP contribution in [0.15, 0.2) is 35.1 Å². The van der Waals surface area contributed by atoms with E-state index in [4.69, 9.17) is 11.6 Å². The van der Waals surface area contributed by atoms with E-state index in [1.165, 1.54) is 4.68 Å². The quantitative estimate of drug-likeness (QED) is 0.661. The summed E-state index contributed by atoms with van der Waals surface area (Å²) in [5.41, 5.74) is 2.00. The molecule has 1 aliphatic carbocycles. The molecule has 1 amide bonds. The number of carbonyl (C=O) groups is 1. The molecule has 1 aromatic carbocycles. The molecule has 1 fully saturated rings. The number of carbonyl (C=O) groups excluding carboxylic acids is 1. The lowest BCUT2D eigenvalue weighted by Gasteiger charge is -2.28. The summed E-state index contributed by atoms with van der Waals surface area (Å²) in [4.78, 5) is 32.9. The largest absolute Gasteiger partial charge is 0.310 e. The number of aromatic nitrogens is 4. The minimum atomic E-state index is -0.613. The van der Waals surface area contributed by atoms with Gasteiger partial charge in [0.05, 0.1) is 11.1 Å². The summed E-state index contributed by atoms with van der Waals surface area (Å²) in [6.45, 7) is 5.32. The Hall–Kier alpha value is -2.93. The molecule has 3 aromatic rings. The van der Waals surface area contributed by atoms with Gasteiger partial charge in [0.15, 0.2) is 0 Å². The molecule has 2 N–H and O–H groups in total. The molecule has 7 nitrogen and oxygen atoms in total. The molecule has 0 radical (unpaired) electrons. The lowest BCUT2D eigenvalue weighted by Crippen LogP contribution is -2.38. The molecule has 1 aliphatic rings. The predicted molar refractivity (Wildman–Crippen MR) is 116 cm³/mol. The van der Waals surface area contributed by atoms with E-state index in [9.17, 15) is 9.59 Å². The zero-order chi connectivity index (χ0) is 21.5. The minimum absolute atomic E-state index is 0.0883. The second-order valence-electron chi connectivity index (χ2n) is 7.93. The third-order valence-corrected chi connectivity index (χ3v) is 6.20. The van der Waals surface area contributed by atoms with Gasteiger partial charge in [0.25, 0.3) is 5.56 Å². The van der Waals surface area contributed by atoms with Crippen molar-refractivity contribution in [3.63, 3.8) is 0 Å². The zero-order valence-electron chi connectivity index (χ0n) is 17.3. The first-order valence-electron chi connectivity index (χ1n) is 10.0. The lowest BCUT2D eigenvalue weighted by atomic mass is 9.78. The third-order valence-electron chi connectivity index (χ3n) is 5.94. The van der Waals surface area contributed by atoms with E-state index in [2.05, 4.69) is 20.4 Å². The Labute approximate surface area is 179 Å². The van der Waals surface area contributed by atoms with Gasteiger partial charge >= 0.3 is 0 Å². The minimum Gasteiger partial charge on any atom is -0.310 e. The van der Waals surface area contributed by atoms with E-state index in [1.54, 1.807) is 19.9 Å². The van der Waals surface area contributed by atoms with Crippen molar-refractivity contribution in [2.24, 2.45) is 0 Å². The maximum atomic E-state index is 13.5. The highest BCUT2D eigenvalue weighted by molar-refractivity contribution is 6.30. The molecule has 0 bridgehead atoms. The van der Waals surface area contributed by atoms with Gasteiger partial charge in [0, 0.05) is 22.3 Å². The maximum Gasteiger partial charge on any atom is 0.255 e. The van der Waals surface area contributed by atoms with E-state index in [0.717, 1.165) is 31.2 Å². The van der Waals surface area contributed by atoms with Crippen molar-refractivity contribution in [3.8, 4) is 5.95 Å². The first-order chi connectivity index (χ1) is 14.3. The number of rotatable bonds is 4. The first kappa shape index (κ1) is 20.3. The van der Waals surface area contributed by atoms with Gasteiger partial charge in [-0.15, -0.1) is 0 Å². The van der Waals surface area contributed by atoms with Gasteiger partial charge < -0.3 is 5.32 Å². The number of H-pyrrole nitrogens is 1. The fraction of sp³-hybridized carbons (Fsp3) is 0.364. The van der Waals surface area contributed by atoms with E-state index in [0.29, 0.717) is 27.8 Å². The number of anilines is 1. The van der Waals surface area contributed by atoms with Gasteiger partial charge in [0.2, 0.25) is 11.9 Å². The van der Waals surface area contributed by atoms with Crippen LogP contribution in [0, 0.1) is 20.8 Å². The van der Waals surface area contributed by atoms with E-state index in [1.807, 2.05) is 31.2 Å². The van der Waals surface area contributed by atoms with Crippen LogP contribution in [-0.2, 0) is 10.2 Å². The van der Waals surface area contributed by atoms with Gasteiger partial charge in [-0.3, -0.25) is 14.6 Å². The molecule has 4 rings (SSSR count). The fourth-order valence-corrected chi connectivity index (χ4v) is 4.24. The van der Waals surface area contributed by atoms with Gasteiger partial charge in [0.1, 0.15) is 5.82 Å². The van der Waals surface area contributed by atoms with Crippen LogP contribution in [0.3, 0.4) is 0 Å². The molecule has 1 saturated carbocycles. The Kier molecular flexibility index (Phi) is 5.24. The van der Waals surface area contributed by atoms with Crippen LogP contribution < -0.4 is 10.9 Å². The van der Waals surface area contributed by atoms with Gasteiger partial charge in [-0.25, -0.2) is 4.98 Å². The van der Waals surface area contributed by atoms with E-state index in [-0.39, 0.29) is 17.4 Å². The van der Waals surface area contributed by atoms with Crippen molar-refractivity contribution in [1.29, 1.82) is 0 Å². The van der Waals surface area contributed by atoms with Crippen molar-refractivity contribution in [1.82, 2.24) is 19.7 Å². The van der Waals surface area contributed by atoms with Crippen molar-refractivity contribution in [2.45, 2.75) is 51.9 Å². The number of amides is 1. The summed E-state index contributed by atoms with van der Waals surface area (Å²) < 4.78 is 1.48. The van der Waals surface area contributed by atoms with Crippen LogP contribution in [-0.4, -0.2) is 25.7 Å². The average Bonchev–Trinajstić information content (AvgIpc) is 3.34. The molecule has 8 heteroatoms. The SMILES string of the molecule is Cc1cc(NC(=O)C2(c3ccc(Cl)cc3)CCCC2)n(-c2nc(C)c(C)c(=O)[nH]2)n1. The smallest absolute Gasteiger partial charge is 0.255 e. The Morgan fingerprint density at radius 2 is 1.83 bits per heavy atom. The molecule has 156 valence electrons. The normalized spacial score (nSPS) is 15.3. The van der Waals surface area contributed by atoms with Gasteiger partial charge in [-0.1, -0.05) is 36.6 Å². The van der Waals surface area contributed by atoms with E-state index >= 15 is 0 Å². The number of hydrogen-bond donors (Lipinski definition) is 2. The highest BCUT2D eigenvalue weighted by Gasteiger charge is 2.43. The van der Waals surface area contributed by atoms with Crippen LogP contribution in [0.5, 0.6) is 0 Å². The number of hydrogen-bond acceptors (Lipinski definition) is 4. The fourth-order valence-electron chi connectivity index (χ4n) is 4.11. The summed E-state index contributed by atoms with van der Waals surface area (Å²) in [5, 5.41) is 8.12. The number of nitrogens with zero attached hydrogens (tertiary/aromatic N) is 3. The number of benzene rings is 1. The standard InChI is InChI=1S/C22H24ClN5O2/c1-13-12-18(28(27-13)21-24-15(3)14(2)19(29)26-21)25-20(30)22(10-4-5-11-22)16-6-8-17(23)9-7-16/h6-9,12H,4-5,10-11H2,1-3H3,(H,25,30)(H,24,26,29).